The minimum Gasteiger partial charge on any atom is -0.478 e. The normalized spacial score (nSPS) is 17.6. The van der Waals surface area contributed by atoms with Gasteiger partial charge in [-0.2, -0.15) is 0 Å². The molecule has 1 aromatic carbocycles. The summed E-state index contributed by atoms with van der Waals surface area (Å²) in [5.74, 6) is -1.15. The third-order valence-electron chi connectivity index (χ3n) is 4.76. The lowest BCUT2D eigenvalue weighted by molar-refractivity contribution is 0.0571. The van der Waals surface area contributed by atoms with E-state index >= 15 is 0 Å². The maximum absolute atomic E-state index is 12.5. The van der Waals surface area contributed by atoms with Gasteiger partial charge in [0.25, 0.3) is 0 Å². The molecule has 0 saturated carbocycles. The molecule has 1 aliphatic rings. The summed E-state index contributed by atoms with van der Waals surface area (Å²) >= 11 is 0. The van der Waals surface area contributed by atoms with Gasteiger partial charge in [0.05, 0.1) is 10.5 Å². The Bertz CT molecular complexity index is 710. The molecular formula is C17H27N3O4S. The van der Waals surface area contributed by atoms with E-state index in [4.69, 9.17) is 5.11 Å². The molecule has 1 heterocycles. The molecule has 0 unspecified atom stereocenters. The van der Waals surface area contributed by atoms with Crippen LogP contribution in [0.25, 0.3) is 0 Å². The molecule has 0 bridgehead atoms. The van der Waals surface area contributed by atoms with E-state index in [2.05, 4.69) is 21.4 Å². The number of hydrogen-bond donors (Lipinski definition) is 2. The molecule has 1 aliphatic heterocycles. The highest BCUT2D eigenvalue weighted by Gasteiger charge is 2.31. The fourth-order valence-electron chi connectivity index (χ4n) is 2.93. The molecule has 25 heavy (non-hydrogen) atoms. The highest BCUT2D eigenvalue weighted by atomic mass is 32.2. The van der Waals surface area contributed by atoms with E-state index in [1.54, 1.807) is 0 Å². The van der Waals surface area contributed by atoms with Gasteiger partial charge in [-0.15, -0.1) is 0 Å². The van der Waals surface area contributed by atoms with Crippen molar-refractivity contribution in [2.45, 2.75) is 31.2 Å². The first-order chi connectivity index (χ1) is 11.7. The van der Waals surface area contributed by atoms with Crippen molar-refractivity contribution in [2.24, 2.45) is 0 Å². The van der Waals surface area contributed by atoms with Crippen LogP contribution in [0, 0.1) is 0 Å². The lowest BCUT2D eigenvalue weighted by Crippen LogP contribution is -2.58. The van der Waals surface area contributed by atoms with E-state index < -0.39 is 16.0 Å². The van der Waals surface area contributed by atoms with E-state index in [0.717, 1.165) is 32.7 Å². The fraction of sp³-hybridized carbons (Fsp3) is 0.588. The summed E-state index contributed by atoms with van der Waals surface area (Å²) in [6, 6.07) is 5.39. The van der Waals surface area contributed by atoms with E-state index in [1.807, 2.05) is 13.8 Å². The topological polar surface area (TPSA) is 90.0 Å². The van der Waals surface area contributed by atoms with Crippen LogP contribution in [0.1, 0.15) is 31.1 Å². The lowest BCUT2D eigenvalue weighted by Gasteiger charge is -2.44. The zero-order chi connectivity index (χ0) is 18.7. The largest absolute Gasteiger partial charge is 0.478 e. The molecule has 0 amide bonds. The van der Waals surface area contributed by atoms with Crippen LogP contribution in [-0.2, 0) is 10.0 Å². The predicted molar refractivity (Wildman–Crippen MR) is 96.4 cm³/mol. The summed E-state index contributed by atoms with van der Waals surface area (Å²) < 4.78 is 27.6. The lowest BCUT2D eigenvalue weighted by atomic mass is 10.0. The van der Waals surface area contributed by atoms with Gasteiger partial charge in [-0.1, -0.05) is 13.0 Å². The Hall–Kier alpha value is -1.48. The maximum Gasteiger partial charge on any atom is 0.335 e. The van der Waals surface area contributed by atoms with Crippen molar-refractivity contribution in [2.75, 3.05) is 39.3 Å². The van der Waals surface area contributed by atoms with Gasteiger partial charge >= 0.3 is 5.97 Å². The van der Waals surface area contributed by atoms with Crippen molar-refractivity contribution in [3.8, 4) is 0 Å². The average Bonchev–Trinajstić information content (AvgIpc) is 2.60. The molecule has 0 aliphatic carbocycles. The maximum atomic E-state index is 12.5. The Morgan fingerprint density at radius 1 is 1.24 bits per heavy atom. The Labute approximate surface area is 149 Å². The van der Waals surface area contributed by atoms with Crippen LogP contribution in [0.4, 0.5) is 0 Å². The van der Waals surface area contributed by atoms with Crippen molar-refractivity contribution >= 4 is 16.0 Å². The standard InChI is InChI=1S/C17H27N3O4S/c1-4-19-8-10-20(11-9-19)17(2,3)13-18-25(23,24)15-7-5-6-14(12-15)16(21)22/h5-7,12,18H,4,8-11,13H2,1-3H3,(H,21,22). The molecule has 140 valence electrons. The average molecular weight is 369 g/mol. The van der Waals surface area contributed by atoms with Crippen molar-refractivity contribution in [1.29, 1.82) is 0 Å². The number of likely N-dealkylation sites (N-methyl/N-ethyl adjacent to an activating group) is 1. The number of sulfonamides is 1. The second-order valence-electron chi connectivity index (χ2n) is 6.89. The van der Waals surface area contributed by atoms with Crippen LogP contribution in [0.3, 0.4) is 0 Å². The second kappa shape index (κ2) is 7.82. The summed E-state index contributed by atoms with van der Waals surface area (Å²) in [4.78, 5) is 15.7. The molecule has 2 rings (SSSR count). The zero-order valence-electron chi connectivity index (χ0n) is 15.0. The molecule has 7 nitrogen and oxygen atoms in total. The van der Waals surface area contributed by atoms with Crippen molar-refractivity contribution in [3.05, 3.63) is 29.8 Å². The van der Waals surface area contributed by atoms with Gasteiger partial charge in [0.15, 0.2) is 0 Å². The van der Waals surface area contributed by atoms with Gasteiger partial charge in [-0.3, -0.25) is 4.90 Å². The number of carboxylic acids is 1. The van der Waals surface area contributed by atoms with Gasteiger partial charge in [-0.05, 0) is 38.6 Å². The molecule has 0 aromatic heterocycles. The Balaban J connectivity index is 2.03. The molecule has 0 atom stereocenters. The third-order valence-corrected chi connectivity index (χ3v) is 6.16. The summed E-state index contributed by atoms with van der Waals surface area (Å²) in [5.41, 5.74) is -0.366. The van der Waals surface area contributed by atoms with E-state index in [-0.39, 0.29) is 22.5 Å². The number of benzene rings is 1. The highest BCUT2D eigenvalue weighted by Crippen LogP contribution is 2.18. The number of piperazine rings is 1. The second-order valence-corrected chi connectivity index (χ2v) is 8.66. The number of carboxylic acid groups (broad SMARTS) is 1. The first kappa shape index (κ1) is 19.8. The van der Waals surface area contributed by atoms with Gasteiger partial charge < -0.3 is 10.0 Å². The first-order valence-electron chi connectivity index (χ1n) is 8.46. The van der Waals surface area contributed by atoms with Crippen LogP contribution in [-0.4, -0.2) is 74.1 Å². The summed E-state index contributed by atoms with van der Waals surface area (Å²) in [6.45, 7) is 11.2. The van der Waals surface area contributed by atoms with Gasteiger partial charge in [0.2, 0.25) is 10.0 Å². The van der Waals surface area contributed by atoms with Crippen LogP contribution in [0.15, 0.2) is 29.2 Å². The van der Waals surface area contributed by atoms with Crippen LogP contribution in [0.2, 0.25) is 0 Å². The number of carbonyl (C=O) groups is 1. The number of nitrogens with zero attached hydrogens (tertiary/aromatic N) is 2. The SMILES string of the molecule is CCN1CCN(C(C)(C)CNS(=O)(=O)c2cccc(C(=O)O)c2)CC1. The molecule has 2 N–H and O–H groups in total. The van der Waals surface area contributed by atoms with Gasteiger partial charge in [-0.25, -0.2) is 17.9 Å². The van der Waals surface area contributed by atoms with Crippen LogP contribution in [0.5, 0.6) is 0 Å². The Morgan fingerprint density at radius 3 is 2.44 bits per heavy atom. The summed E-state index contributed by atoms with van der Waals surface area (Å²) in [7, 11) is -3.75. The predicted octanol–water partition coefficient (Wildman–Crippen LogP) is 1.08. The molecular weight excluding hydrogens is 342 g/mol. The number of rotatable bonds is 7. The van der Waals surface area contributed by atoms with Gasteiger partial charge in [0, 0.05) is 38.3 Å². The molecule has 1 saturated heterocycles. The zero-order valence-corrected chi connectivity index (χ0v) is 15.8. The minimum absolute atomic E-state index is 0.0287. The Kier molecular flexibility index (Phi) is 6.21. The fourth-order valence-corrected chi connectivity index (χ4v) is 4.18. The van der Waals surface area contributed by atoms with Crippen molar-refractivity contribution in [3.63, 3.8) is 0 Å². The summed E-state index contributed by atoms with van der Waals surface area (Å²) in [5, 5.41) is 9.02. The molecule has 1 fully saturated rings. The Morgan fingerprint density at radius 2 is 1.88 bits per heavy atom. The monoisotopic (exact) mass is 369 g/mol. The van der Waals surface area contributed by atoms with Crippen molar-refractivity contribution < 1.29 is 18.3 Å². The minimum atomic E-state index is -3.75. The van der Waals surface area contributed by atoms with Crippen LogP contribution >= 0.6 is 0 Å². The van der Waals surface area contributed by atoms with Crippen LogP contribution < -0.4 is 4.72 Å². The summed E-state index contributed by atoms with van der Waals surface area (Å²) in [6.07, 6.45) is 0. The molecule has 1 aromatic rings. The van der Waals surface area contributed by atoms with E-state index in [1.165, 1.54) is 24.3 Å². The number of aromatic carboxylic acids is 1. The van der Waals surface area contributed by atoms with E-state index in [0.29, 0.717) is 0 Å². The molecule has 8 heteroatoms. The van der Waals surface area contributed by atoms with E-state index in [9.17, 15) is 13.2 Å². The third kappa shape index (κ3) is 5.01. The molecule has 0 spiro atoms. The van der Waals surface area contributed by atoms with Crippen molar-refractivity contribution in [1.82, 2.24) is 14.5 Å². The number of nitrogens with one attached hydrogen (secondary N) is 1. The van der Waals surface area contributed by atoms with Gasteiger partial charge in [0.1, 0.15) is 0 Å². The first-order valence-corrected chi connectivity index (χ1v) is 9.94. The number of hydrogen-bond acceptors (Lipinski definition) is 5. The quantitative estimate of drug-likeness (QED) is 0.748. The smallest absolute Gasteiger partial charge is 0.335 e. The highest BCUT2D eigenvalue weighted by molar-refractivity contribution is 7.89. The molecule has 0 radical (unpaired) electrons.